The van der Waals surface area contributed by atoms with Crippen LogP contribution in [0.1, 0.15) is 41.3 Å². The van der Waals surface area contributed by atoms with E-state index in [1.807, 2.05) is 31.2 Å². The molecule has 0 saturated heterocycles. The van der Waals surface area contributed by atoms with E-state index in [9.17, 15) is 18.0 Å². The lowest BCUT2D eigenvalue weighted by Crippen LogP contribution is -2.22. The van der Waals surface area contributed by atoms with E-state index in [4.69, 9.17) is 0 Å². The normalized spacial score (nSPS) is 14.2. The molecule has 2 heterocycles. The molecule has 0 bridgehead atoms. The Kier molecular flexibility index (Phi) is 4.85. The van der Waals surface area contributed by atoms with Gasteiger partial charge in [-0.25, -0.2) is 9.67 Å². The molecular weight excluding hydrogens is 385 g/mol. The van der Waals surface area contributed by atoms with Crippen LogP contribution in [0.4, 0.5) is 19.1 Å². The molecule has 10 heteroatoms. The highest BCUT2D eigenvalue weighted by atomic mass is 19.4. The minimum absolute atomic E-state index is 0.0260. The monoisotopic (exact) mass is 404 g/mol. The predicted molar refractivity (Wildman–Crippen MR) is 98.1 cm³/mol. The van der Waals surface area contributed by atoms with E-state index in [2.05, 4.69) is 20.5 Å². The molecule has 1 aromatic carbocycles. The number of anilines is 1. The molecule has 3 aromatic rings. The first-order valence-corrected chi connectivity index (χ1v) is 9.18. The summed E-state index contributed by atoms with van der Waals surface area (Å²) in [5.41, 5.74) is 1.62. The van der Waals surface area contributed by atoms with Crippen LogP contribution in [0.2, 0.25) is 0 Å². The Labute approximate surface area is 164 Å². The van der Waals surface area contributed by atoms with E-state index in [0.717, 1.165) is 34.7 Å². The molecule has 0 radical (unpaired) electrons. The van der Waals surface area contributed by atoms with Crippen molar-refractivity contribution in [2.75, 3.05) is 5.32 Å². The number of amides is 1. The predicted octanol–water partition coefficient (Wildman–Crippen LogP) is 3.37. The summed E-state index contributed by atoms with van der Waals surface area (Å²) in [5.74, 6) is -0.408. The van der Waals surface area contributed by atoms with Crippen LogP contribution < -0.4 is 5.32 Å². The van der Waals surface area contributed by atoms with Crippen LogP contribution >= 0.6 is 0 Å². The lowest BCUT2D eigenvalue weighted by Gasteiger charge is -2.06. The average Bonchev–Trinajstić information content (AvgIpc) is 3.24. The smallest absolute Gasteiger partial charge is 0.292 e. The number of aromatic nitrogens is 5. The second-order valence-corrected chi connectivity index (χ2v) is 7.19. The van der Waals surface area contributed by atoms with Crippen molar-refractivity contribution in [3.63, 3.8) is 0 Å². The number of nitrogens with one attached hydrogen (secondary N) is 1. The van der Waals surface area contributed by atoms with Gasteiger partial charge < -0.3 is 0 Å². The molecule has 2 aromatic heterocycles. The summed E-state index contributed by atoms with van der Waals surface area (Å²) in [6.45, 7) is 2.16. The van der Waals surface area contributed by atoms with Crippen molar-refractivity contribution < 1.29 is 18.0 Å². The molecule has 1 aliphatic carbocycles. The summed E-state index contributed by atoms with van der Waals surface area (Å²) >= 11 is 0. The zero-order valence-corrected chi connectivity index (χ0v) is 15.6. The van der Waals surface area contributed by atoms with Gasteiger partial charge in [-0.3, -0.25) is 14.8 Å². The van der Waals surface area contributed by atoms with Crippen LogP contribution in [-0.4, -0.2) is 30.5 Å². The third-order valence-corrected chi connectivity index (χ3v) is 4.61. The largest absolute Gasteiger partial charge is 0.435 e. The van der Waals surface area contributed by atoms with Crippen molar-refractivity contribution in [3.05, 3.63) is 59.2 Å². The number of carbonyl (C=O) groups is 1. The van der Waals surface area contributed by atoms with Gasteiger partial charge >= 0.3 is 6.18 Å². The third kappa shape index (κ3) is 4.64. The molecular formula is C19H19F3N6O. The Balaban J connectivity index is 1.42. The van der Waals surface area contributed by atoms with Gasteiger partial charge in [-0.2, -0.15) is 18.3 Å². The highest BCUT2D eigenvalue weighted by Crippen LogP contribution is 2.42. The van der Waals surface area contributed by atoms with Crippen molar-refractivity contribution in [2.24, 2.45) is 0 Å². The van der Waals surface area contributed by atoms with E-state index in [1.165, 1.54) is 6.33 Å². The molecule has 1 fully saturated rings. The maximum atomic E-state index is 13.0. The summed E-state index contributed by atoms with van der Waals surface area (Å²) < 4.78 is 41.6. The van der Waals surface area contributed by atoms with Crippen LogP contribution in [0.5, 0.6) is 0 Å². The molecule has 29 heavy (non-hydrogen) atoms. The number of carbonyl (C=O) groups excluding carboxylic acids is 1. The van der Waals surface area contributed by atoms with Gasteiger partial charge in [0, 0.05) is 11.6 Å². The summed E-state index contributed by atoms with van der Waals surface area (Å²) in [5, 5.41) is 10.3. The van der Waals surface area contributed by atoms with Crippen molar-refractivity contribution in [2.45, 2.75) is 44.9 Å². The zero-order valence-electron chi connectivity index (χ0n) is 15.6. The fourth-order valence-electron chi connectivity index (χ4n) is 3.13. The Hall–Kier alpha value is -3.17. The molecule has 1 aliphatic rings. The van der Waals surface area contributed by atoms with Crippen LogP contribution in [0, 0.1) is 6.92 Å². The van der Waals surface area contributed by atoms with E-state index < -0.39 is 17.8 Å². The van der Waals surface area contributed by atoms with Gasteiger partial charge in [0.25, 0.3) is 0 Å². The number of hydrogen-bond donors (Lipinski definition) is 1. The number of rotatable bonds is 6. The fourth-order valence-corrected chi connectivity index (χ4v) is 3.13. The van der Waals surface area contributed by atoms with Crippen LogP contribution in [0.3, 0.4) is 0 Å². The van der Waals surface area contributed by atoms with Gasteiger partial charge in [0.1, 0.15) is 12.9 Å². The Morgan fingerprint density at radius 1 is 1.24 bits per heavy atom. The first-order valence-electron chi connectivity index (χ1n) is 9.18. The Bertz CT molecular complexity index is 1030. The van der Waals surface area contributed by atoms with Crippen molar-refractivity contribution in [1.29, 1.82) is 0 Å². The minimum Gasteiger partial charge on any atom is -0.292 e. The standard InChI is InChI=1S/C19H19F3N6O/c1-12-3-2-4-13(7-12)9-27-11-23-18(26-27)24-17(29)10-28-15(14-5-6-14)8-16(25-28)19(20,21)22/h2-4,7-8,11,14H,5-6,9-10H2,1H3,(H,24,26,29). The maximum absolute atomic E-state index is 13.0. The summed E-state index contributed by atoms with van der Waals surface area (Å²) in [6, 6.07) is 8.95. The molecule has 0 aliphatic heterocycles. The van der Waals surface area contributed by atoms with Crippen LogP contribution in [0.15, 0.2) is 36.7 Å². The molecule has 152 valence electrons. The van der Waals surface area contributed by atoms with Gasteiger partial charge in [-0.15, -0.1) is 5.10 Å². The lowest BCUT2D eigenvalue weighted by molar-refractivity contribution is -0.141. The van der Waals surface area contributed by atoms with Crippen molar-refractivity contribution in [3.8, 4) is 0 Å². The van der Waals surface area contributed by atoms with Gasteiger partial charge in [-0.1, -0.05) is 29.8 Å². The molecule has 1 saturated carbocycles. The zero-order chi connectivity index (χ0) is 20.6. The van der Waals surface area contributed by atoms with Gasteiger partial charge in [-0.05, 0) is 31.4 Å². The maximum Gasteiger partial charge on any atom is 0.435 e. The summed E-state index contributed by atoms with van der Waals surface area (Å²) in [7, 11) is 0. The number of halogens is 3. The van der Waals surface area contributed by atoms with Crippen LogP contribution in [0.25, 0.3) is 0 Å². The Morgan fingerprint density at radius 2 is 2.03 bits per heavy atom. The number of aryl methyl sites for hydroxylation is 1. The van der Waals surface area contributed by atoms with E-state index in [0.29, 0.717) is 12.2 Å². The lowest BCUT2D eigenvalue weighted by atomic mass is 10.1. The van der Waals surface area contributed by atoms with E-state index in [-0.39, 0.29) is 18.4 Å². The third-order valence-electron chi connectivity index (χ3n) is 4.61. The number of hydrogen-bond acceptors (Lipinski definition) is 4. The fraction of sp³-hybridized carbons (Fsp3) is 0.368. The Morgan fingerprint density at radius 3 is 2.72 bits per heavy atom. The summed E-state index contributed by atoms with van der Waals surface area (Å²) in [6.07, 6.45) is -1.45. The number of alkyl halides is 3. The summed E-state index contributed by atoms with van der Waals surface area (Å²) in [4.78, 5) is 16.3. The minimum atomic E-state index is -4.54. The van der Waals surface area contributed by atoms with Gasteiger partial charge in [0.2, 0.25) is 11.9 Å². The van der Waals surface area contributed by atoms with Crippen LogP contribution in [-0.2, 0) is 24.1 Å². The SMILES string of the molecule is Cc1cccc(Cn2cnc(NC(=O)Cn3nc(C(F)(F)F)cc3C3CC3)n2)c1. The molecule has 4 rings (SSSR count). The van der Waals surface area contributed by atoms with Crippen molar-refractivity contribution in [1.82, 2.24) is 24.5 Å². The van der Waals surface area contributed by atoms with E-state index in [1.54, 1.807) is 4.68 Å². The number of benzene rings is 1. The van der Waals surface area contributed by atoms with Gasteiger partial charge in [0.15, 0.2) is 5.69 Å². The quantitative estimate of drug-likeness (QED) is 0.683. The highest BCUT2D eigenvalue weighted by molar-refractivity contribution is 5.88. The highest BCUT2D eigenvalue weighted by Gasteiger charge is 2.38. The second-order valence-electron chi connectivity index (χ2n) is 7.19. The topological polar surface area (TPSA) is 77.6 Å². The molecule has 0 spiro atoms. The first-order chi connectivity index (χ1) is 13.8. The molecule has 1 N–H and O–H groups in total. The number of nitrogens with zero attached hydrogens (tertiary/aromatic N) is 5. The molecule has 0 unspecified atom stereocenters. The van der Waals surface area contributed by atoms with Crippen molar-refractivity contribution >= 4 is 11.9 Å². The molecule has 1 amide bonds. The first kappa shape index (κ1) is 19.2. The molecule has 7 nitrogen and oxygen atoms in total. The second kappa shape index (κ2) is 7.34. The van der Waals surface area contributed by atoms with Gasteiger partial charge in [0.05, 0.1) is 6.54 Å². The average molecular weight is 404 g/mol. The molecule has 0 atom stereocenters. The van der Waals surface area contributed by atoms with E-state index >= 15 is 0 Å².